The molecule has 102 valence electrons. The molecule has 0 fully saturated rings. The van der Waals surface area contributed by atoms with Crippen molar-refractivity contribution in [3.05, 3.63) is 29.4 Å². The Kier molecular flexibility index (Phi) is 3.23. The minimum Gasteiger partial charge on any atom is -0.495 e. The van der Waals surface area contributed by atoms with Gasteiger partial charge in [0.15, 0.2) is 0 Å². The van der Waals surface area contributed by atoms with Gasteiger partial charge in [-0.25, -0.2) is 0 Å². The number of carbonyl (C=O) groups is 1. The van der Waals surface area contributed by atoms with Crippen LogP contribution in [-0.4, -0.2) is 24.4 Å². The van der Waals surface area contributed by atoms with Gasteiger partial charge in [0.2, 0.25) is 0 Å². The fraction of sp³-hybridized carbons (Fsp3) is 0.143. The molecule has 6 heteroatoms. The lowest BCUT2D eigenvalue weighted by molar-refractivity contribution is 0.108. The first-order valence-corrected chi connectivity index (χ1v) is 6.97. The number of carbonyl (C=O) groups excluding carboxylic acids is 1. The zero-order chi connectivity index (χ0) is 14.3. The largest absolute Gasteiger partial charge is 0.495 e. The molecule has 0 aliphatic carbocycles. The van der Waals surface area contributed by atoms with Crippen molar-refractivity contribution in [3.63, 3.8) is 0 Å². The molecule has 0 bridgehead atoms. The molecule has 0 aliphatic rings. The summed E-state index contributed by atoms with van der Waals surface area (Å²) in [6, 6.07) is 3.58. The summed E-state index contributed by atoms with van der Waals surface area (Å²) >= 11 is 6.87. The number of benzene rings is 1. The van der Waals surface area contributed by atoms with Crippen LogP contribution < -0.4 is 9.47 Å². The highest BCUT2D eigenvalue weighted by molar-refractivity contribution is 7.22. The second-order valence-electron chi connectivity index (χ2n) is 4.11. The molecule has 0 saturated heterocycles. The lowest BCUT2D eigenvalue weighted by Crippen LogP contribution is -1.91. The second kappa shape index (κ2) is 4.92. The van der Waals surface area contributed by atoms with Gasteiger partial charge in [-0.15, -0.1) is 11.3 Å². The van der Waals surface area contributed by atoms with Gasteiger partial charge in [0.25, 0.3) is 5.24 Å². The Hall–Kier alpha value is -1.85. The first kappa shape index (κ1) is 13.1. The molecular weight excluding hydrogens is 298 g/mol. The molecule has 0 spiro atoms. The number of hydrogen-bond acceptors (Lipinski definition) is 5. The van der Waals surface area contributed by atoms with Crippen LogP contribution in [0, 0.1) is 0 Å². The van der Waals surface area contributed by atoms with Gasteiger partial charge in [-0.1, -0.05) is 0 Å². The zero-order valence-electron chi connectivity index (χ0n) is 10.8. The topological polar surface area (TPSA) is 48.4 Å². The van der Waals surface area contributed by atoms with E-state index in [0.717, 1.165) is 20.9 Å². The lowest BCUT2D eigenvalue weighted by Gasteiger charge is -2.11. The number of aromatic nitrogens is 1. The Morgan fingerprint density at radius 3 is 2.60 bits per heavy atom. The third-order valence-corrected chi connectivity index (χ3v) is 4.54. The number of fused-ring (bicyclic) bond motifs is 2. The van der Waals surface area contributed by atoms with Gasteiger partial charge in [-0.05, 0) is 23.7 Å². The highest BCUT2D eigenvalue weighted by Crippen LogP contribution is 2.46. The highest BCUT2D eigenvalue weighted by Gasteiger charge is 2.19. The fourth-order valence-electron chi connectivity index (χ4n) is 2.29. The Morgan fingerprint density at radius 1 is 1.20 bits per heavy atom. The van der Waals surface area contributed by atoms with Crippen molar-refractivity contribution in [2.75, 3.05) is 14.2 Å². The number of pyridine rings is 1. The second-order valence-corrected chi connectivity index (χ2v) is 5.51. The quantitative estimate of drug-likeness (QED) is 0.690. The third kappa shape index (κ3) is 1.82. The lowest BCUT2D eigenvalue weighted by atomic mass is 10.1. The van der Waals surface area contributed by atoms with Crippen molar-refractivity contribution in [1.82, 2.24) is 4.98 Å². The van der Waals surface area contributed by atoms with Crippen LogP contribution in [0.3, 0.4) is 0 Å². The number of thiophene rings is 1. The summed E-state index contributed by atoms with van der Waals surface area (Å²) in [5, 5.41) is 2.05. The van der Waals surface area contributed by atoms with Gasteiger partial charge in [0, 0.05) is 28.6 Å². The molecular formula is C14H10ClNO3S. The molecule has 3 aromatic rings. The first-order chi connectivity index (χ1) is 9.67. The minimum absolute atomic E-state index is 0.460. The highest BCUT2D eigenvalue weighted by atomic mass is 35.5. The van der Waals surface area contributed by atoms with Crippen molar-refractivity contribution < 1.29 is 14.3 Å². The van der Waals surface area contributed by atoms with E-state index in [-0.39, 0.29) is 0 Å². The van der Waals surface area contributed by atoms with E-state index in [2.05, 4.69) is 4.98 Å². The van der Waals surface area contributed by atoms with E-state index in [0.29, 0.717) is 16.4 Å². The normalized spacial score (nSPS) is 10.9. The molecule has 4 nitrogen and oxygen atoms in total. The number of nitrogens with zero attached hydrogens (tertiary/aromatic N) is 1. The van der Waals surface area contributed by atoms with E-state index in [4.69, 9.17) is 21.1 Å². The van der Waals surface area contributed by atoms with Gasteiger partial charge in [0.05, 0.1) is 23.8 Å². The summed E-state index contributed by atoms with van der Waals surface area (Å²) in [4.78, 5) is 16.0. The molecule has 3 rings (SSSR count). The Morgan fingerprint density at radius 2 is 1.95 bits per heavy atom. The van der Waals surface area contributed by atoms with Crippen LogP contribution in [0.15, 0.2) is 24.5 Å². The minimum atomic E-state index is -0.488. The maximum Gasteiger partial charge on any atom is 0.262 e. The van der Waals surface area contributed by atoms with Gasteiger partial charge >= 0.3 is 0 Å². The van der Waals surface area contributed by atoms with Gasteiger partial charge in [0.1, 0.15) is 11.5 Å². The molecule has 2 aromatic heterocycles. The van der Waals surface area contributed by atoms with Crippen molar-refractivity contribution in [2.24, 2.45) is 0 Å². The molecule has 0 atom stereocenters. The van der Waals surface area contributed by atoms with Gasteiger partial charge < -0.3 is 9.47 Å². The maximum absolute atomic E-state index is 11.4. The smallest absolute Gasteiger partial charge is 0.262 e. The van der Waals surface area contributed by atoms with Gasteiger partial charge in [-0.3, -0.25) is 9.78 Å². The van der Waals surface area contributed by atoms with Crippen LogP contribution >= 0.6 is 22.9 Å². The summed E-state index contributed by atoms with van der Waals surface area (Å²) in [5.41, 5.74) is 0. The van der Waals surface area contributed by atoms with Crippen molar-refractivity contribution in [3.8, 4) is 11.5 Å². The van der Waals surface area contributed by atoms with Crippen LogP contribution in [-0.2, 0) is 0 Å². The predicted octanol–water partition coefficient (Wildman–Crippen LogP) is 3.85. The average Bonchev–Trinajstić information content (AvgIpc) is 2.89. The number of hydrogen-bond donors (Lipinski definition) is 0. The van der Waals surface area contributed by atoms with Crippen molar-refractivity contribution in [2.45, 2.75) is 0 Å². The standard InChI is InChI=1S/C14H10ClNO3S/c1-18-11-8-5-10(14(15)17)20-13(8)12(19-2)7-3-4-16-6-9(7)11/h3-6H,1-2H3. The zero-order valence-corrected chi connectivity index (χ0v) is 12.3. The van der Waals surface area contributed by atoms with Crippen LogP contribution in [0.1, 0.15) is 9.67 Å². The monoisotopic (exact) mass is 307 g/mol. The van der Waals surface area contributed by atoms with Crippen LogP contribution in [0.5, 0.6) is 11.5 Å². The SMILES string of the molecule is COc1c2cnccc2c(OC)c2sc(C(=O)Cl)cc12. The summed E-state index contributed by atoms with van der Waals surface area (Å²) in [6.07, 6.45) is 3.41. The number of methoxy groups -OCH3 is 2. The Balaban J connectivity index is 2.54. The van der Waals surface area contributed by atoms with E-state index in [1.54, 1.807) is 32.7 Å². The molecule has 0 unspecified atom stereocenters. The Bertz CT molecular complexity index is 768. The molecule has 0 amide bonds. The number of halogens is 1. The van der Waals surface area contributed by atoms with E-state index < -0.39 is 5.24 Å². The summed E-state index contributed by atoms with van der Waals surface area (Å²) < 4.78 is 11.8. The molecule has 20 heavy (non-hydrogen) atoms. The van der Waals surface area contributed by atoms with Crippen LogP contribution in [0.25, 0.3) is 20.9 Å². The summed E-state index contributed by atoms with van der Waals surface area (Å²) in [6.45, 7) is 0. The molecule has 0 N–H and O–H groups in total. The molecule has 0 radical (unpaired) electrons. The van der Waals surface area contributed by atoms with E-state index in [1.807, 2.05) is 6.07 Å². The molecule has 0 aliphatic heterocycles. The van der Waals surface area contributed by atoms with Crippen molar-refractivity contribution >= 4 is 49.0 Å². The van der Waals surface area contributed by atoms with E-state index >= 15 is 0 Å². The van der Waals surface area contributed by atoms with E-state index in [9.17, 15) is 4.79 Å². The third-order valence-electron chi connectivity index (χ3n) is 3.10. The predicted molar refractivity (Wildman–Crippen MR) is 80.4 cm³/mol. The summed E-state index contributed by atoms with van der Waals surface area (Å²) in [5.74, 6) is 1.37. The molecule has 1 aromatic carbocycles. The summed E-state index contributed by atoms with van der Waals surface area (Å²) in [7, 11) is 3.19. The maximum atomic E-state index is 11.4. The molecule has 0 saturated carbocycles. The van der Waals surface area contributed by atoms with Crippen LogP contribution in [0.2, 0.25) is 0 Å². The average molecular weight is 308 g/mol. The fourth-order valence-corrected chi connectivity index (χ4v) is 3.48. The van der Waals surface area contributed by atoms with Crippen LogP contribution in [0.4, 0.5) is 0 Å². The number of ether oxygens (including phenoxy) is 2. The first-order valence-electron chi connectivity index (χ1n) is 5.78. The molecule has 2 heterocycles. The van der Waals surface area contributed by atoms with E-state index in [1.165, 1.54) is 11.3 Å². The van der Waals surface area contributed by atoms with Gasteiger partial charge in [-0.2, -0.15) is 0 Å². The number of rotatable bonds is 3. The van der Waals surface area contributed by atoms with Crippen molar-refractivity contribution in [1.29, 1.82) is 0 Å². The Labute approximate surface area is 123 Å².